The van der Waals surface area contributed by atoms with Crippen LogP contribution in [0, 0.1) is 0 Å². The number of aliphatic hydroxyl groups is 1. The number of ether oxygens (including phenoxy) is 2. The molecule has 0 spiro atoms. The van der Waals surface area contributed by atoms with E-state index in [2.05, 4.69) is 10.1 Å². The summed E-state index contributed by atoms with van der Waals surface area (Å²) in [5.74, 6) is -0.300. The van der Waals surface area contributed by atoms with Gasteiger partial charge in [-0.3, -0.25) is 4.79 Å². The lowest BCUT2D eigenvalue weighted by molar-refractivity contribution is -0.146. The number of hydrogen-bond donors (Lipinski definition) is 2. The Bertz CT molecular complexity index is 443. The zero-order chi connectivity index (χ0) is 15.0. The molecule has 0 aliphatic rings. The second kappa shape index (κ2) is 8.16. The maximum absolute atomic E-state index is 11.8. The predicted molar refractivity (Wildman–Crippen MR) is 72.3 cm³/mol. The van der Waals surface area contributed by atoms with E-state index in [1.807, 2.05) is 6.92 Å². The molecule has 1 aromatic carbocycles. The van der Waals surface area contributed by atoms with E-state index in [4.69, 9.17) is 9.84 Å². The number of nitrogens with one attached hydrogen (secondary N) is 1. The summed E-state index contributed by atoms with van der Waals surface area (Å²) in [6.07, 6.45) is 0.111. The highest BCUT2D eigenvalue weighted by Crippen LogP contribution is 2.12. The average Bonchev–Trinajstić information content (AvgIpc) is 2.46. The van der Waals surface area contributed by atoms with Crippen LogP contribution in [0.3, 0.4) is 0 Å². The molecule has 0 bridgehead atoms. The van der Waals surface area contributed by atoms with Gasteiger partial charge < -0.3 is 19.9 Å². The van der Waals surface area contributed by atoms with Crippen LogP contribution in [-0.2, 0) is 20.7 Å². The third-order valence-electron chi connectivity index (χ3n) is 2.60. The summed E-state index contributed by atoms with van der Waals surface area (Å²) in [5.41, 5.74) is 0.785. The fourth-order valence-electron chi connectivity index (χ4n) is 1.62. The van der Waals surface area contributed by atoms with Crippen molar-refractivity contribution >= 4 is 11.9 Å². The number of amides is 1. The van der Waals surface area contributed by atoms with Crippen LogP contribution in [0.15, 0.2) is 24.3 Å². The number of benzene rings is 1. The van der Waals surface area contributed by atoms with Crippen LogP contribution in [0.4, 0.5) is 0 Å². The Morgan fingerprint density at radius 3 is 2.45 bits per heavy atom. The van der Waals surface area contributed by atoms with Gasteiger partial charge in [0.05, 0.1) is 26.7 Å². The quantitative estimate of drug-likeness (QED) is 0.701. The van der Waals surface area contributed by atoms with Gasteiger partial charge in [0.15, 0.2) is 6.04 Å². The smallest absolute Gasteiger partial charge is 0.330 e. The van der Waals surface area contributed by atoms with Gasteiger partial charge in [-0.2, -0.15) is 0 Å². The van der Waals surface area contributed by atoms with Gasteiger partial charge in [0.25, 0.3) is 0 Å². The molecule has 110 valence electrons. The molecule has 0 radical (unpaired) electrons. The number of carbonyl (C=O) groups excluding carboxylic acids is 2. The van der Waals surface area contributed by atoms with Crippen LogP contribution in [0.25, 0.3) is 0 Å². The molecule has 1 amide bonds. The molecule has 6 nitrogen and oxygen atoms in total. The van der Waals surface area contributed by atoms with Crippen LogP contribution in [0.2, 0.25) is 0 Å². The minimum absolute atomic E-state index is 0.111. The Morgan fingerprint density at radius 1 is 1.30 bits per heavy atom. The van der Waals surface area contributed by atoms with Crippen molar-refractivity contribution in [1.82, 2.24) is 5.32 Å². The van der Waals surface area contributed by atoms with Crippen LogP contribution in [-0.4, -0.2) is 43.3 Å². The first-order valence-corrected chi connectivity index (χ1v) is 6.30. The van der Waals surface area contributed by atoms with Crippen molar-refractivity contribution in [3.63, 3.8) is 0 Å². The Balaban J connectivity index is 2.55. The lowest BCUT2D eigenvalue weighted by Gasteiger charge is -2.13. The third kappa shape index (κ3) is 4.89. The molecule has 1 atom stereocenters. The fourth-order valence-corrected chi connectivity index (χ4v) is 1.62. The summed E-state index contributed by atoms with van der Waals surface area (Å²) in [6, 6.07) is 6.06. The molecule has 20 heavy (non-hydrogen) atoms. The number of esters is 1. The number of carbonyl (C=O) groups is 2. The normalized spacial score (nSPS) is 11.6. The maximum Gasteiger partial charge on any atom is 0.330 e. The van der Waals surface area contributed by atoms with Crippen molar-refractivity contribution in [2.24, 2.45) is 0 Å². The highest BCUT2D eigenvalue weighted by Gasteiger charge is 2.20. The first kappa shape index (κ1) is 16.0. The molecule has 0 fully saturated rings. The highest BCUT2D eigenvalue weighted by atomic mass is 16.5. The number of aliphatic hydroxyl groups excluding tert-OH is 1. The summed E-state index contributed by atoms with van der Waals surface area (Å²) in [4.78, 5) is 23.0. The second-order valence-corrected chi connectivity index (χ2v) is 4.08. The molecule has 0 heterocycles. The Hall–Kier alpha value is -2.08. The molecule has 0 aromatic heterocycles. The zero-order valence-electron chi connectivity index (χ0n) is 11.6. The molecule has 1 aromatic rings. The molecular formula is C14H19NO5. The van der Waals surface area contributed by atoms with Gasteiger partial charge in [0.1, 0.15) is 5.75 Å². The molecule has 1 unspecified atom stereocenters. The van der Waals surface area contributed by atoms with Crippen molar-refractivity contribution in [3.05, 3.63) is 29.8 Å². The highest BCUT2D eigenvalue weighted by molar-refractivity contribution is 5.85. The number of methoxy groups -OCH3 is 1. The molecule has 0 saturated carbocycles. The topological polar surface area (TPSA) is 84.9 Å². The summed E-state index contributed by atoms with van der Waals surface area (Å²) < 4.78 is 9.77. The summed E-state index contributed by atoms with van der Waals surface area (Å²) >= 11 is 0. The van der Waals surface area contributed by atoms with E-state index in [9.17, 15) is 9.59 Å². The van der Waals surface area contributed by atoms with Crippen molar-refractivity contribution in [2.75, 3.05) is 20.3 Å². The van der Waals surface area contributed by atoms with Crippen LogP contribution < -0.4 is 10.1 Å². The fraction of sp³-hybridized carbons (Fsp3) is 0.429. The molecule has 2 N–H and O–H groups in total. The van der Waals surface area contributed by atoms with Gasteiger partial charge >= 0.3 is 5.97 Å². The largest absolute Gasteiger partial charge is 0.494 e. The van der Waals surface area contributed by atoms with E-state index in [0.717, 1.165) is 11.3 Å². The van der Waals surface area contributed by atoms with Crippen molar-refractivity contribution < 1.29 is 24.2 Å². The van der Waals surface area contributed by atoms with Crippen molar-refractivity contribution in [2.45, 2.75) is 19.4 Å². The molecule has 6 heteroatoms. The maximum atomic E-state index is 11.8. The first-order chi connectivity index (χ1) is 9.60. The standard InChI is InChI=1S/C14H19NO5/c1-3-20-11-6-4-10(5-7-11)8-13(17)15-12(9-16)14(18)19-2/h4-7,12,16H,3,8-9H2,1-2H3,(H,15,17). The zero-order valence-corrected chi connectivity index (χ0v) is 11.6. The van der Waals surface area contributed by atoms with Crippen molar-refractivity contribution in [1.29, 1.82) is 0 Å². The van der Waals surface area contributed by atoms with Crippen LogP contribution in [0.5, 0.6) is 5.75 Å². The Labute approximate surface area is 117 Å². The number of hydrogen-bond acceptors (Lipinski definition) is 5. The van der Waals surface area contributed by atoms with E-state index in [0.29, 0.717) is 6.61 Å². The predicted octanol–water partition coefficient (Wildman–Crippen LogP) is 0.278. The van der Waals surface area contributed by atoms with Crippen LogP contribution in [0.1, 0.15) is 12.5 Å². The molecule has 1 rings (SSSR count). The van der Waals surface area contributed by atoms with Gasteiger partial charge in [0, 0.05) is 0 Å². The molecular weight excluding hydrogens is 262 g/mol. The van der Waals surface area contributed by atoms with Gasteiger partial charge in [-0.15, -0.1) is 0 Å². The van der Waals surface area contributed by atoms with E-state index >= 15 is 0 Å². The SMILES string of the molecule is CCOc1ccc(CC(=O)NC(CO)C(=O)OC)cc1. The minimum Gasteiger partial charge on any atom is -0.494 e. The molecule has 0 saturated heterocycles. The van der Waals surface area contributed by atoms with Gasteiger partial charge in [-0.05, 0) is 24.6 Å². The molecule has 0 aliphatic carbocycles. The summed E-state index contributed by atoms with van der Waals surface area (Å²) in [5, 5.41) is 11.4. The van der Waals surface area contributed by atoms with Gasteiger partial charge in [-0.1, -0.05) is 12.1 Å². The minimum atomic E-state index is -1.03. The van der Waals surface area contributed by atoms with Gasteiger partial charge in [-0.25, -0.2) is 4.79 Å². The Kier molecular flexibility index (Phi) is 6.52. The second-order valence-electron chi connectivity index (χ2n) is 4.08. The monoisotopic (exact) mass is 281 g/mol. The van der Waals surface area contributed by atoms with E-state index < -0.39 is 18.6 Å². The summed E-state index contributed by atoms with van der Waals surface area (Å²) in [7, 11) is 1.20. The molecule has 0 aliphatic heterocycles. The van der Waals surface area contributed by atoms with E-state index in [-0.39, 0.29) is 12.3 Å². The third-order valence-corrected chi connectivity index (χ3v) is 2.60. The van der Waals surface area contributed by atoms with E-state index in [1.165, 1.54) is 7.11 Å². The summed E-state index contributed by atoms with van der Waals surface area (Å²) in [6.45, 7) is 1.97. The van der Waals surface area contributed by atoms with Gasteiger partial charge in [0.2, 0.25) is 5.91 Å². The van der Waals surface area contributed by atoms with E-state index in [1.54, 1.807) is 24.3 Å². The lowest BCUT2D eigenvalue weighted by Crippen LogP contribution is -2.44. The first-order valence-electron chi connectivity index (χ1n) is 6.30. The van der Waals surface area contributed by atoms with Crippen molar-refractivity contribution in [3.8, 4) is 5.75 Å². The Morgan fingerprint density at radius 2 is 1.95 bits per heavy atom. The number of rotatable bonds is 7. The average molecular weight is 281 g/mol. The van der Waals surface area contributed by atoms with Crippen LogP contribution >= 0.6 is 0 Å². The lowest BCUT2D eigenvalue weighted by atomic mass is 10.1.